The van der Waals surface area contributed by atoms with Gasteiger partial charge in [-0.3, -0.25) is 4.79 Å². The molecule has 0 radical (unpaired) electrons. The van der Waals surface area contributed by atoms with E-state index in [0.29, 0.717) is 22.2 Å². The maximum atomic E-state index is 12.2. The van der Waals surface area contributed by atoms with Crippen LogP contribution in [0, 0.1) is 6.92 Å². The molecule has 0 spiro atoms. The quantitative estimate of drug-likeness (QED) is 0.633. The molecule has 3 rings (SSSR count). The van der Waals surface area contributed by atoms with Crippen molar-refractivity contribution in [3.8, 4) is 11.3 Å². The molecule has 0 atom stereocenters. The van der Waals surface area contributed by atoms with E-state index in [1.54, 1.807) is 29.5 Å². The molecule has 3 aromatic rings. The first kappa shape index (κ1) is 17.9. The van der Waals surface area contributed by atoms with E-state index in [2.05, 4.69) is 39.9 Å². The number of hydrogen-bond acceptors (Lipinski definition) is 3. The third kappa shape index (κ3) is 4.60. The molecule has 0 aliphatic rings. The van der Waals surface area contributed by atoms with Gasteiger partial charge in [-0.1, -0.05) is 47.5 Å². The molecule has 0 unspecified atom stereocenters. The molecule has 2 aromatic carbocycles. The molecule has 6 heteroatoms. The third-order valence-electron chi connectivity index (χ3n) is 3.74. The van der Waals surface area contributed by atoms with Gasteiger partial charge < -0.3 is 5.32 Å². The van der Waals surface area contributed by atoms with Crippen LogP contribution in [0.5, 0.6) is 0 Å². The van der Waals surface area contributed by atoms with Gasteiger partial charge in [0.05, 0.1) is 21.3 Å². The molecule has 1 amide bonds. The number of halogens is 2. The lowest BCUT2D eigenvalue weighted by molar-refractivity contribution is 0.0954. The molecule has 0 saturated carbocycles. The fraction of sp³-hybridized carbons (Fsp3) is 0.158. The maximum Gasteiger partial charge on any atom is 0.252 e. The highest BCUT2D eigenvalue weighted by molar-refractivity contribution is 7.09. The van der Waals surface area contributed by atoms with Crippen LogP contribution < -0.4 is 5.32 Å². The van der Waals surface area contributed by atoms with E-state index in [0.717, 1.165) is 28.2 Å². The van der Waals surface area contributed by atoms with Gasteiger partial charge >= 0.3 is 0 Å². The van der Waals surface area contributed by atoms with Gasteiger partial charge in [-0.15, -0.1) is 11.3 Å². The van der Waals surface area contributed by atoms with Gasteiger partial charge in [0, 0.05) is 22.5 Å². The predicted octanol–water partition coefficient (Wildman–Crippen LogP) is 5.40. The van der Waals surface area contributed by atoms with E-state index in [1.165, 1.54) is 0 Å². The molecule has 0 aliphatic heterocycles. The number of carbonyl (C=O) groups excluding carboxylic acids is 1. The third-order valence-corrected chi connectivity index (χ3v) is 5.08. The largest absolute Gasteiger partial charge is 0.352 e. The number of carbonyl (C=O) groups is 1. The number of aryl methyl sites for hydroxylation is 1. The number of amides is 1. The summed E-state index contributed by atoms with van der Waals surface area (Å²) in [6.45, 7) is 2.52. The van der Waals surface area contributed by atoms with Crippen molar-refractivity contribution in [1.29, 1.82) is 0 Å². The zero-order valence-electron chi connectivity index (χ0n) is 13.6. The van der Waals surface area contributed by atoms with Crippen LogP contribution in [0.15, 0.2) is 47.8 Å². The first-order chi connectivity index (χ1) is 12.0. The van der Waals surface area contributed by atoms with E-state index in [1.807, 2.05) is 6.92 Å². The molecule has 3 nitrogen and oxygen atoms in total. The highest BCUT2D eigenvalue weighted by atomic mass is 35.5. The summed E-state index contributed by atoms with van der Waals surface area (Å²) in [6, 6.07) is 13.1. The summed E-state index contributed by atoms with van der Waals surface area (Å²) in [5, 5.41) is 6.87. The number of rotatable bonds is 5. The van der Waals surface area contributed by atoms with Crippen LogP contribution in [0.3, 0.4) is 0 Å². The van der Waals surface area contributed by atoms with Crippen LogP contribution in [0.25, 0.3) is 11.3 Å². The van der Waals surface area contributed by atoms with Crippen molar-refractivity contribution in [3.05, 3.63) is 74.0 Å². The first-order valence-corrected chi connectivity index (χ1v) is 9.41. The normalized spacial score (nSPS) is 10.7. The number of nitrogens with zero attached hydrogens (tertiary/aromatic N) is 1. The van der Waals surface area contributed by atoms with Crippen molar-refractivity contribution in [3.63, 3.8) is 0 Å². The second-order valence-electron chi connectivity index (χ2n) is 5.58. The number of thiazole rings is 1. The summed E-state index contributed by atoms with van der Waals surface area (Å²) >= 11 is 13.6. The van der Waals surface area contributed by atoms with Crippen molar-refractivity contribution in [2.45, 2.75) is 13.3 Å². The molecule has 1 heterocycles. The Bertz CT molecular complexity index is 891. The Labute approximate surface area is 160 Å². The van der Waals surface area contributed by atoms with Crippen LogP contribution in [0.4, 0.5) is 0 Å². The fourth-order valence-electron chi connectivity index (χ4n) is 2.43. The van der Waals surface area contributed by atoms with E-state index < -0.39 is 0 Å². The standard InChI is InChI=1S/C19H16Cl2N2OS/c1-12-23-18(11-25-12)14-4-2-13(3-5-14)8-9-22-19(24)16-10-15(20)6-7-17(16)21/h2-7,10-11H,8-9H2,1H3,(H,22,24). The van der Waals surface area contributed by atoms with Crippen molar-refractivity contribution >= 4 is 40.4 Å². The summed E-state index contributed by atoms with van der Waals surface area (Å²) in [7, 11) is 0. The van der Waals surface area contributed by atoms with Crippen molar-refractivity contribution in [2.24, 2.45) is 0 Å². The van der Waals surface area contributed by atoms with Gasteiger partial charge in [0.25, 0.3) is 5.91 Å². The Hall–Kier alpha value is -1.88. The fourth-order valence-corrected chi connectivity index (χ4v) is 3.42. The van der Waals surface area contributed by atoms with Crippen molar-refractivity contribution < 1.29 is 4.79 Å². The van der Waals surface area contributed by atoms with Crippen LogP contribution in [-0.4, -0.2) is 17.4 Å². The predicted molar refractivity (Wildman–Crippen MR) is 105 cm³/mol. The molecule has 0 aliphatic carbocycles. The Morgan fingerprint density at radius 2 is 1.92 bits per heavy atom. The Kier molecular flexibility index (Phi) is 5.74. The molecule has 1 aromatic heterocycles. The number of nitrogens with one attached hydrogen (secondary N) is 1. The molecule has 0 fully saturated rings. The van der Waals surface area contributed by atoms with Gasteiger partial charge in [-0.2, -0.15) is 0 Å². The Balaban J connectivity index is 1.57. The molecule has 0 bridgehead atoms. The smallest absolute Gasteiger partial charge is 0.252 e. The minimum absolute atomic E-state index is 0.220. The number of hydrogen-bond donors (Lipinski definition) is 1. The summed E-state index contributed by atoms with van der Waals surface area (Å²) < 4.78 is 0. The van der Waals surface area contributed by atoms with Crippen LogP contribution in [0.2, 0.25) is 10.0 Å². The van der Waals surface area contributed by atoms with Crippen LogP contribution in [0.1, 0.15) is 20.9 Å². The minimum Gasteiger partial charge on any atom is -0.352 e. The molecule has 25 heavy (non-hydrogen) atoms. The average molecular weight is 391 g/mol. The van der Waals surface area contributed by atoms with Gasteiger partial charge in [-0.05, 0) is 37.1 Å². The lowest BCUT2D eigenvalue weighted by Gasteiger charge is -2.08. The van der Waals surface area contributed by atoms with E-state index in [-0.39, 0.29) is 5.91 Å². The first-order valence-electron chi connectivity index (χ1n) is 7.77. The molecule has 128 valence electrons. The highest BCUT2D eigenvalue weighted by Gasteiger charge is 2.10. The average Bonchev–Trinajstić information content (AvgIpc) is 3.04. The van der Waals surface area contributed by atoms with Gasteiger partial charge in [0.1, 0.15) is 0 Å². The summed E-state index contributed by atoms with van der Waals surface area (Å²) in [5.41, 5.74) is 3.64. The van der Waals surface area contributed by atoms with Gasteiger partial charge in [0.15, 0.2) is 0 Å². The van der Waals surface area contributed by atoms with Crippen molar-refractivity contribution in [2.75, 3.05) is 6.54 Å². The number of aromatic nitrogens is 1. The molecular weight excluding hydrogens is 375 g/mol. The minimum atomic E-state index is -0.220. The monoisotopic (exact) mass is 390 g/mol. The zero-order chi connectivity index (χ0) is 17.8. The lowest BCUT2D eigenvalue weighted by atomic mass is 10.1. The van der Waals surface area contributed by atoms with Crippen LogP contribution in [-0.2, 0) is 6.42 Å². The van der Waals surface area contributed by atoms with E-state index >= 15 is 0 Å². The maximum absolute atomic E-state index is 12.2. The van der Waals surface area contributed by atoms with Crippen LogP contribution >= 0.6 is 34.5 Å². The molecule has 1 N–H and O–H groups in total. The second-order valence-corrected chi connectivity index (χ2v) is 7.48. The van der Waals surface area contributed by atoms with E-state index in [9.17, 15) is 4.79 Å². The summed E-state index contributed by atoms with van der Waals surface area (Å²) in [4.78, 5) is 16.7. The van der Waals surface area contributed by atoms with Gasteiger partial charge in [-0.25, -0.2) is 4.98 Å². The van der Waals surface area contributed by atoms with E-state index in [4.69, 9.17) is 23.2 Å². The highest BCUT2D eigenvalue weighted by Crippen LogP contribution is 2.22. The zero-order valence-corrected chi connectivity index (χ0v) is 15.9. The topological polar surface area (TPSA) is 42.0 Å². The number of benzene rings is 2. The summed E-state index contributed by atoms with van der Waals surface area (Å²) in [6.07, 6.45) is 0.736. The Morgan fingerprint density at radius 3 is 2.60 bits per heavy atom. The lowest BCUT2D eigenvalue weighted by Crippen LogP contribution is -2.26. The molecular formula is C19H16Cl2N2OS. The molecule has 0 saturated heterocycles. The SMILES string of the molecule is Cc1nc(-c2ccc(CCNC(=O)c3cc(Cl)ccc3Cl)cc2)cs1. The van der Waals surface area contributed by atoms with Crippen molar-refractivity contribution in [1.82, 2.24) is 10.3 Å². The summed E-state index contributed by atoms with van der Waals surface area (Å²) in [5.74, 6) is -0.220. The van der Waals surface area contributed by atoms with Gasteiger partial charge in [0.2, 0.25) is 0 Å². The second kappa shape index (κ2) is 8.00. The Morgan fingerprint density at radius 1 is 1.16 bits per heavy atom.